The summed E-state index contributed by atoms with van der Waals surface area (Å²) in [6.07, 6.45) is 7.00. The van der Waals surface area contributed by atoms with Crippen LogP contribution in [0.1, 0.15) is 30.4 Å². The Hall–Kier alpha value is -4.13. The van der Waals surface area contributed by atoms with Crippen molar-refractivity contribution in [3.05, 3.63) is 89.9 Å². The third-order valence-corrected chi connectivity index (χ3v) is 6.49. The van der Waals surface area contributed by atoms with Gasteiger partial charge in [0.1, 0.15) is 11.4 Å². The van der Waals surface area contributed by atoms with Crippen molar-refractivity contribution in [3.8, 4) is 5.75 Å². The zero-order valence-electron chi connectivity index (χ0n) is 19.7. The minimum atomic E-state index is -0.368. The summed E-state index contributed by atoms with van der Waals surface area (Å²) >= 11 is 0. The predicted molar refractivity (Wildman–Crippen MR) is 136 cm³/mol. The van der Waals surface area contributed by atoms with Gasteiger partial charge in [-0.2, -0.15) is 0 Å². The highest BCUT2D eigenvalue weighted by atomic mass is 16.5. The summed E-state index contributed by atoms with van der Waals surface area (Å²) in [7, 11) is 1.56. The molecule has 7 nitrogen and oxygen atoms in total. The largest absolute Gasteiger partial charge is 0.496 e. The van der Waals surface area contributed by atoms with Crippen LogP contribution in [0, 0.1) is 0 Å². The second-order valence-corrected chi connectivity index (χ2v) is 8.72. The van der Waals surface area contributed by atoms with Crippen LogP contribution in [0.2, 0.25) is 0 Å². The minimum absolute atomic E-state index is 0.165. The highest BCUT2D eigenvalue weighted by Gasteiger charge is 2.40. The molecule has 0 aliphatic carbocycles. The molecule has 1 saturated heterocycles. The molecular formula is C28H28N4O3. The number of aromatic nitrogens is 1. The lowest BCUT2D eigenvalue weighted by atomic mass is 10.0. The van der Waals surface area contributed by atoms with E-state index in [0.29, 0.717) is 16.9 Å². The van der Waals surface area contributed by atoms with Crippen molar-refractivity contribution in [3.63, 3.8) is 0 Å². The Kier molecular flexibility index (Phi) is 6.48. The van der Waals surface area contributed by atoms with Gasteiger partial charge in [0.05, 0.1) is 19.2 Å². The summed E-state index contributed by atoms with van der Waals surface area (Å²) in [6.45, 7) is 2.29. The molecule has 178 valence electrons. The number of anilines is 2. The average Bonchev–Trinajstić information content (AvgIpc) is 3.14. The van der Waals surface area contributed by atoms with Crippen LogP contribution in [0.15, 0.2) is 78.8 Å². The first-order valence-electron chi connectivity index (χ1n) is 11.9. The van der Waals surface area contributed by atoms with Crippen LogP contribution >= 0.6 is 0 Å². The molecule has 5 rings (SSSR count). The summed E-state index contributed by atoms with van der Waals surface area (Å²) in [5, 5.41) is 3.25. The average molecular weight is 469 g/mol. The van der Waals surface area contributed by atoms with Crippen molar-refractivity contribution in [2.45, 2.75) is 25.8 Å². The van der Waals surface area contributed by atoms with E-state index in [4.69, 9.17) is 4.74 Å². The maximum atomic E-state index is 13.6. The first kappa shape index (κ1) is 22.7. The Morgan fingerprint density at radius 1 is 0.886 bits per heavy atom. The molecule has 0 spiro atoms. The lowest BCUT2D eigenvalue weighted by Crippen LogP contribution is -2.32. The van der Waals surface area contributed by atoms with Gasteiger partial charge in [-0.05, 0) is 67.3 Å². The van der Waals surface area contributed by atoms with Gasteiger partial charge in [-0.25, -0.2) is 0 Å². The lowest BCUT2D eigenvalue weighted by Gasteiger charge is -2.28. The van der Waals surface area contributed by atoms with E-state index < -0.39 is 0 Å². The fourth-order valence-corrected chi connectivity index (χ4v) is 4.66. The Balaban J connectivity index is 1.48. The molecule has 0 unspecified atom stereocenters. The van der Waals surface area contributed by atoms with Gasteiger partial charge in [0.25, 0.3) is 11.8 Å². The van der Waals surface area contributed by atoms with Crippen molar-refractivity contribution in [1.82, 2.24) is 9.88 Å². The SMILES string of the molecule is COc1ccccc1C1=C(Nc2ccc(N3CCCCC3)cc2)C(=O)N(Cc2ccncc2)C1=O. The van der Waals surface area contributed by atoms with Crippen molar-refractivity contribution in [2.75, 3.05) is 30.4 Å². The number of rotatable bonds is 7. The number of benzene rings is 2. The van der Waals surface area contributed by atoms with E-state index in [-0.39, 0.29) is 24.1 Å². The van der Waals surface area contributed by atoms with Crippen LogP contribution in [-0.2, 0) is 16.1 Å². The second kappa shape index (κ2) is 10.0. The Bertz CT molecular complexity index is 1250. The zero-order chi connectivity index (χ0) is 24.2. The molecule has 0 atom stereocenters. The van der Waals surface area contributed by atoms with Gasteiger partial charge in [-0.3, -0.25) is 19.5 Å². The molecule has 1 aromatic heterocycles. The van der Waals surface area contributed by atoms with Crippen LogP contribution < -0.4 is 15.0 Å². The van der Waals surface area contributed by atoms with Crippen molar-refractivity contribution < 1.29 is 14.3 Å². The van der Waals surface area contributed by atoms with Gasteiger partial charge >= 0.3 is 0 Å². The van der Waals surface area contributed by atoms with Crippen LogP contribution in [0.3, 0.4) is 0 Å². The maximum Gasteiger partial charge on any atom is 0.278 e. The molecule has 7 heteroatoms. The molecule has 2 aromatic carbocycles. The number of imide groups is 1. The van der Waals surface area contributed by atoms with E-state index in [1.165, 1.54) is 29.8 Å². The zero-order valence-corrected chi connectivity index (χ0v) is 19.7. The monoisotopic (exact) mass is 468 g/mol. The number of para-hydroxylation sites is 1. The number of hydrogen-bond acceptors (Lipinski definition) is 6. The molecule has 2 aliphatic heterocycles. The van der Waals surface area contributed by atoms with Gasteiger partial charge in [0.15, 0.2) is 0 Å². The number of carbonyl (C=O) groups excluding carboxylic acids is 2. The first-order chi connectivity index (χ1) is 17.2. The Morgan fingerprint density at radius 3 is 2.31 bits per heavy atom. The summed E-state index contributed by atoms with van der Waals surface area (Å²) in [5.41, 5.74) is 3.88. The normalized spacial score (nSPS) is 16.1. The van der Waals surface area contributed by atoms with Crippen LogP contribution in [0.5, 0.6) is 5.75 Å². The lowest BCUT2D eigenvalue weighted by molar-refractivity contribution is -0.137. The van der Waals surface area contributed by atoms with Crippen LogP contribution in [0.25, 0.3) is 5.57 Å². The summed E-state index contributed by atoms with van der Waals surface area (Å²) in [6, 6.07) is 18.9. The highest BCUT2D eigenvalue weighted by molar-refractivity contribution is 6.36. The van der Waals surface area contributed by atoms with Gasteiger partial charge in [0, 0.05) is 42.4 Å². The molecular weight excluding hydrogens is 440 g/mol. The number of hydrogen-bond donors (Lipinski definition) is 1. The van der Waals surface area contributed by atoms with Gasteiger partial charge in [-0.15, -0.1) is 0 Å². The number of methoxy groups -OCH3 is 1. The third kappa shape index (κ3) is 4.62. The third-order valence-electron chi connectivity index (χ3n) is 6.49. The van der Waals surface area contributed by atoms with E-state index in [9.17, 15) is 9.59 Å². The molecule has 0 bridgehead atoms. The van der Waals surface area contributed by atoms with E-state index in [1.54, 1.807) is 43.8 Å². The van der Waals surface area contributed by atoms with Crippen LogP contribution in [-0.4, -0.2) is 41.9 Å². The van der Waals surface area contributed by atoms with Gasteiger partial charge < -0.3 is 15.0 Å². The number of piperidine rings is 1. The van der Waals surface area contributed by atoms with Crippen LogP contribution in [0.4, 0.5) is 11.4 Å². The number of pyridine rings is 1. The maximum absolute atomic E-state index is 13.6. The molecule has 0 saturated carbocycles. The molecule has 2 aliphatic rings. The molecule has 2 amide bonds. The second-order valence-electron chi connectivity index (χ2n) is 8.72. The van der Waals surface area contributed by atoms with E-state index in [1.807, 2.05) is 24.3 Å². The number of amides is 2. The highest BCUT2D eigenvalue weighted by Crippen LogP contribution is 2.36. The molecule has 3 heterocycles. The molecule has 0 radical (unpaired) electrons. The summed E-state index contributed by atoms with van der Waals surface area (Å²) in [4.78, 5) is 34.8. The predicted octanol–water partition coefficient (Wildman–Crippen LogP) is 4.47. The van der Waals surface area contributed by atoms with E-state index in [0.717, 1.165) is 24.3 Å². The number of nitrogens with zero attached hydrogens (tertiary/aromatic N) is 3. The quantitative estimate of drug-likeness (QED) is 0.516. The summed E-state index contributed by atoms with van der Waals surface area (Å²) < 4.78 is 5.52. The van der Waals surface area contributed by atoms with Gasteiger partial charge in [0.2, 0.25) is 0 Å². The topological polar surface area (TPSA) is 74.8 Å². The minimum Gasteiger partial charge on any atom is -0.496 e. The van der Waals surface area contributed by atoms with Crippen molar-refractivity contribution >= 4 is 28.8 Å². The van der Waals surface area contributed by atoms with E-state index in [2.05, 4.69) is 27.3 Å². The molecule has 3 aromatic rings. The first-order valence-corrected chi connectivity index (χ1v) is 11.9. The smallest absolute Gasteiger partial charge is 0.278 e. The number of ether oxygens (including phenoxy) is 1. The van der Waals surface area contributed by atoms with Crippen molar-refractivity contribution in [1.29, 1.82) is 0 Å². The fourth-order valence-electron chi connectivity index (χ4n) is 4.66. The Morgan fingerprint density at radius 2 is 1.60 bits per heavy atom. The standard InChI is InChI=1S/C28H28N4O3/c1-35-24-8-4-3-7-23(24)25-26(28(34)32(27(25)33)19-20-13-15-29-16-14-20)30-21-9-11-22(12-10-21)31-17-5-2-6-18-31/h3-4,7-16,30H,2,5-6,17-19H2,1H3. The molecule has 1 fully saturated rings. The fraction of sp³-hybridized carbons (Fsp3) is 0.250. The number of nitrogens with one attached hydrogen (secondary N) is 1. The van der Waals surface area contributed by atoms with Crippen molar-refractivity contribution in [2.24, 2.45) is 0 Å². The summed E-state index contributed by atoms with van der Waals surface area (Å²) in [5.74, 6) is -0.189. The Labute approximate surface area is 205 Å². The number of carbonyl (C=O) groups is 2. The van der Waals surface area contributed by atoms with Gasteiger partial charge in [-0.1, -0.05) is 18.2 Å². The molecule has 1 N–H and O–H groups in total. The molecule has 35 heavy (non-hydrogen) atoms. The van der Waals surface area contributed by atoms with E-state index >= 15 is 0 Å².